The second kappa shape index (κ2) is 7.39. The summed E-state index contributed by atoms with van der Waals surface area (Å²) in [5.74, 6) is 1.08. The Morgan fingerprint density at radius 1 is 1.50 bits per heavy atom. The van der Waals surface area contributed by atoms with Crippen molar-refractivity contribution in [1.29, 1.82) is 0 Å². The molecule has 0 spiro atoms. The van der Waals surface area contributed by atoms with E-state index in [0.717, 1.165) is 18.6 Å². The molecule has 1 aromatic carbocycles. The second-order valence-electron chi connectivity index (χ2n) is 4.04. The van der Waals surface area contributed by atoms with Gasteiger partial charge < -0.3 is 5.32 Å². The number of hydrogen-bond donors (Lipinski definition) is 1. The minimum Gasteiger partial charge on any atom is -0.383 e. The Morgan fingerprint density at radius 2 is 2.31 bits per heavy atom. The third kappa shape index (κ3) is 4.75. The Hall–Kier alpha value is -0.890. The third-order valence-electron chi connectivity index (χ3n) is 2.45. The molecule has 0 saturated carbocycles. The van der Waals surface area contributed by atoms with Gasteiger partial charge in [-0.15, -0.1) is 6.58 Å². The molecule has 0 fully saturated rings. The maximum atomic E-state index is 3.75. The van der Waals surface area contributed by atoms with Gasteiger partial charge in [0, 0.05) is 17.5 Å². The van der Waals surface area contributed by atoms with E-state index in [1.807, 2.05) is 17.8 Å². The van der Waals surface area contributed by atoms with Gasteiger partial charge >= 0.3 is 0 Å². The molecule has 0 radical (unpaired) electrons. The molecular weight excluding hydrogens is 214 g/mol. The predicted molar refractivity (Wildman–Crippen MR) is 76.2 cm³/mol. The Labute approximate surface area is 103 Å². The molecule has 0 aliphatic heterocycles. The summed E-state index contributed by atoms with van der Waals surface area (Å²) < 4.78 is 0. The first-order chi connectivity index (χ1) is 7.76. The minimum absolute atomic E-state index is 0.502. The molecule has 1 aromatic rings. The molecule has 0 aromatic heterocycles. The van der Waals surface area contributed by atoms with Gasteiger partial charge in [-0.2, -0.15) is 11.8 Å². The van der Waals surface area contributed by atoms with Crippen LogP contribution in [0.4, 0.5) is 5.69 Å². The zero-order chi connectivity index (χ0) is 11.8. The van der Waals surface area contributed by atoms with Crippen molar-refractivity contribution in [3.05, 3.63) is 42.5 Å². The van der Waals surface area contributed by atoms with Crippen LogP contribution in [-0.2, 0) is 5.75 Å². The standard InChI is InChI=1S/C14H21NS/c1-4-5-7-12(2)15-14-9-6-8-13(10-14)11-16-3/h4,6,8-10,12,15H,1,5,7,11H2,2-3H3. The van der Waals surface area contributed by atoms with Gasteiger partial charge in [-0.25, -0.2) is 0 Å². The lowest BCUT2D eigenvalue weighted by Gasteiger charge is -2.15. The summed E-state index contributed by atoms with van der Waals surface area (Å²) in [6.07, 6.45) is 6.31. The highest BCUT2D eigenvalue weighted by molar-refractivity contribution is 7.97. The average molecular weight is 235 g/mol. The van der Waals surface area contributed by atoms with Crippen LogP contribution in [0.1, 0.15) is 25.3 Å². The number of allylic oxidation sites excluding steroid dienone is 1. The van der Waals surface area contributed by atoms with E-state index in [1.165, 1.54) is 11.3 Å². The van der Waals surface area contributed by atoms with E-state index in [9.17, 15) is 0 Å². The largest absolute Gasteiger partial charge is 0.383 e. The molecule has 0 bridgehead atoms. The number of rotatable bonds is 7. The van der Waals surface area contributed by atoms with Crippen molar-refractivity contribution in [1.82, 2.24) is 0 Å². The molecule has 0 amide bonds. The summed E-state index contributed by atoms with van der Waals surface area (Å²) in [4.78, 5) is 0. The van der Waals surface area contributed by atoms with Gasteiger partial charge in [-0.1, -0.05) is 18.2 Å². The molecular formula is C14H21NS. The summed E-state index contributed by atoms with van der Waals surface area (Å²) in [5.41, 5.74) is 2.61. The molecule has 16 heavy (non-hydrogen) atoms. The van der Waals surface area contributed by atoms with Crippen LogP contribution in [-0.4, -0.2) is 12.3 Å². The lowest BCUT2D eigenvalue weighted by Crippen LogP contribution is -2.14. The van der Waals surface area contributed by atoms with E-state index in [2.05, 4.69) is 49.3 Å². The van der Waals surface area contributed by atoms with Gasteiger partial charge in [0.1, 0.15) is 0 Å². The summed E-state index contributed by atoms with van der Waals surface area (Å²) in [6.45, 7) is 5.96. The molecule has 0 aliphatic carbocycles. The Morgan fingerprint density at radius 3 is 3.00 bits per heavy atom. The average Bonchev–Trinajstić information content (AvgIpc) is 2.27. The first-order valence-electron chi connectivity index (χ1n) is 5.71. The number of anilines is 1. The quantitative estimate of drug-likeness (QED) is 0.707. The summed E-state index contributed by atoms with van der Waals surface area (Å²) in [5, 5.41) is 3.52. The molecule has 1 unspecified atom stereocenters. The summed E-state index contributed by atoms with van der Waals surface area (Å²) in [7, 11) is 0. The Bertz CT molecular complexity index is 322. The van der Waals surface area contributed by atoms with Crippen molar-refractivity contribution in [3.63, 3.8) is 0 Å². The monoisotopic (exact) mass is 235 g/mol. The number of benzene rings is 1. The second-order valence-corrected chi connectivity index (χ2v) is 4.91. The van der Waals surface area contributed by atoms with Crippen LogP contribution in [0.25, 0.3) is 0 Å². The predicted octanol–water partition coefficient (Wildman–Crippen LogP) is 4.32. The highest BCUT2D eigenvalue weighted by Crippen LogP contribution is 2.16. The summed E-state index contributed by atoms with van der Waals surface area (Å²) >= 11 is 1.86. The first-order valence-corrected chi connectivity index (χ1v) is 7.11. The highest BCUT2D eigenvalue weighted by Gasteiger charge is 2.01. The van der Waals surface area contributed by atoms with Gasteiger partial charge in [0.25, 0.3) is 0 Å². The fourth-order valence-corrected chi connectivity index (χ4v) is 2.15. The molecule has 1 atom stereocenters. The van der Waals surface area contributed by atoms with Crippen molar-refractivity contribution in [2.75, 3.05) is 11.6 Å². The fourth-order valence-electron chi connectivity index (χ4n) is 1.64. The van der Waals surface area contributed by atoms with Crippen LogP contribution in [0.2, 0.25) is 0 Å². The SMILES string of the molecule is C=CCCC(C)Nc1cccc(CSC)c1. The number of nitrogens with one attached hydrogen (secondary N) is 1. The topological polar surface area (TPSA) is 12.0 Å². The van der Waals surface area contributed by atoms with Crippen LogP contribution < -0.4 is 5.32 Å². The van der Waals surface area contributed by atoms with E-state index in [1.54, 1.807) is 0 Å². The van der Waals surface area contributed by atoms with Gasteiger partial charge in [0.2, 0.25) is 0 Å². The third-order valence-corrected chi connectivity index (χ3v) is 3.08. The van der Waals surface area contributed by atoms with E-state index in [4.69, 9.17) is 0 Å². The van der Waals surface area contributed by atoms with E-state index >= 15 is 0 Å². The van der Waals surface area contributed by atoms with Crippen LogP contribution in [0.3, 0.4) is 0 Å². The lowest BCUT2D eigenvalue weighted by atomic mass is 10.1. The van der Waals surface area contributed by atoms with Gasteiger partial charge in [-0.3, -0.25) is 0 Å². The fraction of sp³-hybridized carbons (Fsp3) is 0.429. The highest BCUT2D eigenvalue weighted by atomic mass is 32.2. The molecule has 88 valence electrons. The zero-order valence-electron chi connectivity index (χ0n) is 10.2. The Kier molecular flexibility index (Phi) is 6.09. The molecule has 1 rings (SSSR count). The van der Waals surface area contributed by atoms with E-state index < -0.39 is 0 Å². The smallest absolute Gasteiger partial charge is 0.0345 e. The van der Waals surface area contributed by atoms with Crippen molar-refractivity contribution in [2.24, 2.45) is 0 Å². The maximum Gasteiger partial charge on any atom is 0.0345 e. The lowest BCUT2D eigenvalue weighted by molar-refractivity contribution is 0.719. The van der Waals surface area contributed by atoms with Crippen molar-refractivity contribution in [3.8, 4) is 0 Å². The first kappa shape index (κ1) is 13.2. The van der Waals surface area contributed by atoms with Crippen molar-refractivity contribution in [2.45, 2.75) is 31.6 Å². The van der Waals surface area contributed by atoms with Crippen LogP contribution in [0.5, 0.6) is 0 Å². The molecule has 0 aliphatic rings. The molecule has 1 nitrogen and oxygen atoms in total. The number of hydrogen-bond acceptors (Lipinski definition) is 2. The summed E-state index contributed by atoms with van der Waals surface area (Å²) in [6, 6.07) is 9.17. The molecule has 2 heteroatoms. The van der Waals surface area contributed by atoms with Gasteiger partial charge in [-0.05, 0) is 43.7 Å². The van der Waals surface area contributed by atoms with Crippen molar-refractivity contribution >= 4 is 17.4 Å². The zero-order valence-corrected chi connectivity index (χ0v) is 11.0. The van der Waals surface area contributed by atoms with Crippen LogP contribution >= 0.6 is 11.8 Å². The van der Waals surface area contributed by atoms with Gasteiger partial charge in [0.05, 0.1) is 0 Å². The van der Waals surface area contributed by atoms with Crippen LogP contribution in [0, 0.1) is 0 Å². The van der Waals surface area contributed by atoms with Gasteiger partial charge in [0.15, 0.2) is 0 Å². The molecule has 0 saturated heterocycles. The number of thioether (sulfide) groups is 1. The van der Waals surface area contributed by atoms with E-state index in [-0.39, 0.29) is 0 Å². The Balaban J connectivity index is 2.52. The van der Waals surface area contributed by atoms with Crippen LogP contribution in [0.15, 0.2) is 36.9 Å². The maximum absolute atomic E-state index is 3.75. The normalized spacial score (nSPS) is 12.1. The van der Waals surface area contributed by atoms with Crippen molar-refractivity contribution < 1.29 is 0 Å². The molecule has 0 heterocycles. The molecule has 1 N–H and O–H groups in total. The van der Waals surface area contributed by atoms with E-state index in [0.29, 0.717) is 6.04 Å². The minimum atomic E-state index is 0.502.